The first-order valence-corrected chi connectivity index (χ1v) is 4.67. The number of benzene rings is 1. The number of carbonyl (C=O) groups is 2. The van der Waals surface area contributed by atoms with Gasteiger partial charge < -0.3 is 5.11 Å². The molecule has 3 nitrogen and oxygen atoms in total. The Kier molecular flexibility index (Phi) is 3.80. The molecular weight excluding hydrogens is 192 g/mol. The van der Waals surface area contributed by atoms with Gasteiger partial charge >= 0.3 is 5.97 Å². The van der Waals surface area contributed by atoms with Gasteiger partial charge in [0.05, 0.1) is 0 Å². The summed E-state index contributed by atoms with van der Waals surface area (Å²) >= 11 is 0. The largest absolute Gasteiger partial charge is 0.478 e. The lowest BCUT2D eigenvalue weighted by molar-refractivity contribution is -0.131. The molecule has 78 valence electrons. The topological polar surface area (TPSA) is 54.4 Å². The number of hydrogen-bond acceptors (Lipinski definition) is 2. The molecule has 0 saturated heterocycles. The minimum absolute atomic E-state index is 0.292. The van der Waals surface area contributed by atoms with Crippen molar-refractivity contribution in [2.75, 3.05) is 0 Å². The van der Waals surface area contributed by atoms with Crippen molar-refractivity contribution in [3.63, 3.8) is 0 Å². The van der Waals surface area contributed by atoms with E-state index in [1.165, 1.54) is 0 Å². The average Bonchev–Trinajstić information content (AvgIpc) is 2.26. The van der Waals surface area contributed by atoms with Gasteiger partial charge in [-0.25, -0.2) is 4.79 Å². The van der Waals surface area contributed by atoms with Crippen LogP contribution in [0.15, 0.2) is 36.4 Å². The third-order valence-electron chi connectivity index (χ3n) is 2.02. The van der Waals surface area contributed by atoms with Gasteiger partial charge in [0.1, 0.15) is 0 Å². The molecule has 0 unspecified atom stereocenters. The molecular formula is C12H12O3. The van der Waals surface area contributed by atoms with Gasteiger partial charge in [0.25, 0.3) is 0 Å². The van der Waals surface area contributed by atoms with Crippen molar-refractivity contribution in [3.05, 3.63) is 47.5 Å². The van der Waals surface area contributed by atoms with Gasteiger partial charge in [-0.05, 0) is 18.1 Å². The minimum Gasteiger partial charge on any atom is -0.478 e. The molecule has 1 rings (SSSR count). The number of allylic oxidation sites excluding steroid dienone is 1. The molecule has 0 atom stereocenters. The lowest BCUT2D eigenvalue weighted by Crippen LogP contribution is -1.96. The van der Waals surface area contributed by atoms with Crippen LogP contribution in [0.1, 0.15) is 22.8 Å². The van der Waals surface area contributed by atoms with Gasteiger partial charge in [-0.15, -0.1) is 0 Å². The average molecular weight is 204 g/mol. The zero-order chi connectivity index (χ0) is 11.3. The van der Waals surface area contributed by atoms with E-state index in [4.69, 9.17) is 5.11 Å². The Balaban J connectivity index is 2.79. The number of hydrogen-bond donors (Lipinski definition) is 1. The highest BCUT2D eigenvalue weighted by Gasteiger charge is 2.01. The molecule has 0 saturated carbocycles. The fourth-order valence-electron chi connectivity index (χ4n) is 1.15. The Morgan fingerprint density at radius 2 is 1.80 bits per heavy atom. The Morgan fingerprint density at radius 3 is 2.27 bits per heavy atom. The molecule has 0 radical (unpaired) electrons. The Morgan fingerprint density at radius 1 is 1.20 bits per heavy atom. The summed E-state index contributed by atoms with van der Waals surface area (Å²) in [5, 5.41) is 8.35. The van der Waals surface area contributed by atoms with Crippen molar-refractivity contribution in [1.29, 1.82) is 0 Å². The highest BCUT2D eigenvalue weighted by atomic mass is 16.4. The molecule has 0 spiro atoms. The van der Waals surface area contributed by atoms with Crippen LogP contribution < -0.4 is 0 Å². The van der Waals surface area contributed by atoms with Crippen LogP contribution in [0.4, 0.5) is 0 Å². The van der Waals surface area contributed by atoms with E-state index in [2.05, 4.69) is 0 Å². The van der Waals surface area contributed by atoms with Gasteiger partial charge in [0.15, 0.2) is 5.78 Å². The van der Waals surface area contributed by atoms with Gasteiger partial charge in [-0.1, -0.05) is 31.2 Å². The standard InChI is InChI=1S/C12H12O3/c1-2-9-3-5-10(6-4-9)11(13)7-8-12(14)15/h3-8H,2H2,1H3,(H,14,15). The van der Waals surface area contributed by atoms with Crippen LogP contribution in [0.5, 0.6) is 0 Å². The smallest absolute Gasteiger partial charge is 0.328 e. The van der Waals surface area contributed by atoms with E-state index < -0.39 is 5.97 Å². The minimum atomic E-state index is -1.12. The normalized spacial score (nSPS) is 10.5. The summed E-state index contributed by atoms with van der Waals surface area (Å²) in [6.07, 6.45) is 2.82. The van der Waals surface area contributed by atoms with Crippen LogP contribution in [0, 0.1) is 0 Å². The Labute approximate surface area is 88.0 Å². The number of rotatable bonds is 4. The van der Waals surface area contributed by atoms with E-state index in [0.717, 1.165) is 24.1 Å². The predicted octanol–water partition coefficient (Wildman–Crippen LogP) is 2.07. The number of aryl methyl sites for hydroxylation is 1. The summed E-state index contributed by atoms with van der Waals surface area (Å²) in [5.74, 6) is -1.41. The second-order valence-corrected chi connectivity index (χ2v) is 3.09. The third kappa shape index (κ3) is 3.38. The maximum atomic E-state index is 11.4. The molecule has 15 heavy (non-hydrogen) atoms. The Hall–Kier alpha value is -1.90. The maximum absolute atomic E-state index is 11.4. The number of carboxylic acids is 1. The predicted molar refractivity (Wildman–Crippen MR) is 56.9 cm³/mol. The molecule has 0 aliphatic heterocycles. The van der Waals surface area contributed by atoms with Crippen molar-refractivity contribution >= 4 is 11.8 Å². The molecule has 0 amide bonds. The highest BCUT2D eigenvalue weighted by molar-refractivity contribution is 6.06. The SMILES string of the molecule is CCc1ccc(C(=O)C=CC(=O)O)cc1. The van der Waals surface area contributed by atoms with Crippen LogP contribution in [-0.2, 0) is 11.2 Å². The van der Waals surface area contributed by atoms with Crippen LogP contribution in [-0.4, -0.2) is 16.9 Å². The van der Waals surface area contributed by atoms with E-state index in [1.54, 1.807) is 12.1 Å². The second-order valence-electron chi connectivity index (χ2n) is 3.09. The first kappa shape index (κ1) is 11.2. The lowest BCUT2D eigenvalue weighted by Gasteiger charge is -1.98. The van der Waals surface area contributed by atoms with Gasteiger partial charge in [0.2, 0.25) is 0 Å². The molecule has 1 aromatic carbocycles. The van der Waals surface area contributed by atoms with E-state index in [9.17, 15) is 9.59 Å². The summed E-state index contributed by atoms with van der Waals surface area (Å²) in [6.45, 7) is 2.03. The van der Waals surface area contributed by atoms with E-state index in [1.807, 2.05) is 19.1 Å². The molecule has 3 heteroatoms. The molecule has 1 N–H and O–H groups in total. The summed E-state index contributed by atoms with van der Waals surface area (Å²) in [4.78, 5) is 21.6. The monoisotopic (exact) mass is 204 g/mol. The van der Waals surface area contributed by atoms with Crippen molar-refractivity contribution in [3.8, 4) is 0 Å². The molecule has 0 fully saturated rings. The molecule has 1 aromatic rings. The van der Waals surface area contributed by atoms with Crippen molar-refractivity contribution < 1.29 is 14.7 Å². The van der Waals surface area contributed by atoms with E-state index in [-0.39, 0.29) is 5.78 Å². The van der Waals surface area contributed by atoms with Crippen LogP contribution in [0.2, 0.25) is 0 Å². The van der Waals surface area contributed by atoms with E-state index >= 15 is 0 Å². The molecule has 0 bridgehead atoms. The molecule has 0 heterocycles. The van der Waals surface area contributed by atoms with Gasteiger partial charge in [0, 0.05) is 11.6 Å². The first-order chi connectivity index (χ1) is 7.13. The van der Waals surface area contributed by atoms with Crippen LogP contribution in [0.25, 0.3) is 0 Å². The highest BCUT2D eigenvalue weighted by Crippen LogP contribution is 2.06. The fourth-order valence-corrected chi connectivity index (χ4v) is 1.15. The van der Waals surface area contributed by atoms with Gasteiger partial charge in [-0.2, -0.15) is 0 Å². The summed E-state index contributed by atoms with van der Waals surface area (Å²) in [7, 11) is 0. The first-order valence-electron chi connectivity index (χ1n) is 4.67. The zero-order valence-electron chi connectivity index (χ0n) is 8.43. The second kappa shape index (κ2) is 5.10. The van der Waals surface area contributed by atoms with Crippen molar-refractivity contribution in [2.45, 2.75) is 13.3 Å². The third-order valence-corrected chi connectivity index (χ3v) is 2.02. The van der Waals surface area contributed by atoms with Crippen LogP contribution in [0.3, 0.4) is 0 Å². The fraction of sp³-hybridized carbons (Fsp3) is 0.167. The number of ketones is 1. The Bertz CT molecular complexity index is 388. The molecule has 0 aliphatic carbocycles. The van der Waals surface area contributed by atoms with Crippen molar-refractivity contribution in [1.82, 2.24) is 0 Å². The van der Waals surface area contributed by atoms with E-state index in [0.29, 0.717) is 5.56 Å². The van der Waals surface area contributed by atoms with Gasteiger partial charge in [-0.3, -0.25) is 4.79 Å². The number of aliphatic carboxylic acids is 1. The summed E-state index contributed by atoms with van der Waals surface area (Å²) in [6, 6.07) is 7.13. The maximum Gasteiger partial charge on any atom is 0.328 e. The molecule has 0 aromatic heterocycles. The number of carboxylic acid groups (broad SMARTS) is 1. The van der Waals surface area contributed by atoms with Crippen LogP contribution >= 0.6 is 0 Å². The summed E-state index contributed by atoms with van der Waals surface area (Å²) < 4.78 is 0. The number of carbonyl (C=O) groups excluding carboxylic acids is 1. The quantitative estimate of drug-likeness (QED) is 0.603. The van der Waals surface area contributed by atoms with Crippen molar-refractivity contribution in [2.24, 2.45) is 0 Å². The molecule has 0 aliphatic rings. The zero-order valence-corrected chi connectivity index (χ0v) is 8.43. The summed E-state index contributed by atoms with van der Waals surface area (Å²) in [5.41, 5.74) is 1.65. The lowest BCUT2D eigenvalue weighted by atomic mass is 10.1.